The Morgan fingerprint density at radius 2 is 1.75 bits per heavy atom. The van der Waals surface area contributed by atoms with E-state index in [0.717, 1.165) is 30.0 Å². The van der Waals surface area contributed by atoms with E-state index in [0.29, 0.717) is 0 Å². The molecule has 1 aliphatic rings. The van der Waals surface area contributed by atoms with Crippen LogP contribution in [0.3, 0.4) is 0 Å². The number of nitro benzene ring substituents is 1. The molecule has 2 aromatic rings. The molecule has 1 heterocycles. The second kappa shape index (κ2) is 7.45. The van der Waals surface area contributed by atoms with E-state index in [9.17, 15) is 10.1 Å². The smallest absolute Gasteiger partial charge is 0.269 e. The molecule has 1 atom stereocenters. The highest BCUT2D eigenvalue weighted by atomic mass is 16.6. The second-order valence-electron chi connectivity index (χ2n) is 6.12. The predicted octanol–water partition coefficient (Wildman–Crippen LogP) is 4.18. The Balaban J connectivity index is 2.00. The molecule has 0 bridgehead atoms. The molecule has 1 unspecified atom stereocenters. The highest BCUT2D eigenvalue weighted by molar-refractivity contribution is 5.41. The van der Waals surface area contributed by atoms with Gasteiger partial charge in [0.05, 0.1) is 18.1 Å². The number of nitrogens with zero attached hydrogens (tertiary/aromatic N) is 2. The molecule has 0 aliphatic carbocycles. The van der Waals surface area contributed by atoms with Crippen molar-refractivity contribution in [1.29, 1.82) is 0 Å². The van der Waals surface area contributed by atoms with E-state index < -0.39 is 0 Å². The maximum absolute atomic E-state index is 11.1. The summed E-state index contributed by atoms with van der Waals surface area (Å²) in [5, 5.41) is 11.1. The average molecular weight is 326 g/mol. The number of benzene rings is 2. The lowest BCUT2D eigenvalue weighted by Gasteiger charge is -2.35. The van der Waals surface area contributed by atoms with Crippen LogP contribution in [0.25, 0.3) is 0 Å². The van der Waals surface area contributed by atoms with Crippen molar-refractivity contribution >= 4 is 5.69 Å². The average Bonchev–Trinajstić information content (AvgIpc) is 2.64. The highest BCUT2D eigenvalue weighted by Gasteiger charge is 2.25. The molecule has 0 N–H and O–H groups in total. The summed E-state index contributed by atoms with van der Waals surface area (Å²) in [5.74, 6) is 0.815. The Hall–Kier alpha value is -2.40. The van der Waals surface area contributed by atoms with Crippen LogP contribution in [0.1, 0.15) is 36.4 Å². The zero-order valence-electron chi connectivity index (χ0n) is 13.9. The quantitative estimate of drug-likeness (QED) is 0.611. The van der Waals surface area contributed by atoms with Crippen LogP contribution in [0.4, 0.5) is 5.69 Å². The fourth-order valence-corrected chi connectivity index (χ4v) is 3.39. The molecule has 2 aromatic carbocycles. The van der Waals surface area contributed by atoms with Gasteiger partial charge in [0, 0.05) is 12.1 Å². The van der Waals surface area contributed by atoms with Crippen molar-refractivity contribution in [3.63, 3.8) is 0 Å². The third kappa shape index (κ3) is 3.57. The summed E-state index contributed by atoms with van der Waals surface area (Å²) in [7, 11) is 1.65. The number of hydrogen-bond donors (Lipinski definition) is 0. The molecule has 1 saturated heterocycles. The van der Waals surface area contributed by atoms with Crippen LogP contribution < -0.4 is 4.74 Å². The van der Waals surface area contributed by atoms with Crippen molar-refractivity contribution in [1.82, 2.24) is 4.90 Å². The minimum atomic E-state index is -0.329. The largest absolute Gasteiger partial charge is 0.497 e. The third-order valence-corrected chi connectivity index (χ3v) is 4.58. The van der Waals surface area contributed by atoms with Crippen molar-refractivity contribution in [2.75, 3.05) is 20.2 Å². The lowest BCUT2D eigenvalue weighted by molar-refractivity contribution is -0.384. The van der Waals surface area contributed by atoms with Crippen molar-refractivity contribution < 1.29 is 9.66 Å². The fourth-order valence-electron chi connectivity index (χ4n) is 3.39. The van der Waals surface area contributed by atoms with Crippen LogP contribution in [-0.2, 0) is 0 Å². The zero-order chi connectivity index (χ0) is 16.9. The Morgan fingerprint density at radius 1 is 1.04 bits per heavy atom. The van der Waals surface area contributed by atoms with Gasteiger partial charge >= 0.3 is 0 Å². The summed E-state index contributed by atoms with van der Waals surface area (Å²) in [5.41, 5.74) is 2.25. The van der Waals surface area contributed by atoms with Gasteiger partial charge in [0.1, 0.15) is 5.75 Å². The first-order valence-corrected chi connectivity index (χ1v) is 8.31. The van der Waals surface area contributed by atoms with Crippen molar-refractivity contribution in [2.24, 2.45) is 0 Å². The van der Waals surface area contributed by atoms with E-state index in [4.69, 9.17) is 4.74 Å². The molecule has 1 aliphatic heterocycles. The molecule has 5 nitrogen and oxygen atoms in total. The van der Waals surface area contributed by atoms with Gasteiger partial charge in [0.25, 0.3) is 5.69 Å². The van der Waals surface area contributed by atoms with E-state index in [1.165, 1.54) is 19.3 Å². The van der Waals surface area contributed by atoms with E-state index in [1.54, 1.807) is 25.3 Å². The molecule has 1 fully saturated rings. The second-order valence-corrected chi connectivity index (χ2v) is 6.12. The van der Waals surface area contributed by atoms with Crippen LogP contribution in [0.15, 0.2) is 48.5 Å². The maximum Gasteiger partial charge on any atom is 0.269 e. The number of hydrogen-bond acceptors (Lipinski definition) is 4. The molecule has 0 saturated carbocycles. The van der Waals surface area contributed by atoms with Crippen LogP contribution >= 0.6 is 0 Å². The normalized spacial score (nSPS) is 16.5. The lowest BCUT2D eigenvalue weighted by Crippen LogP contribution is -2.34. The minimum absolute atomic E-state index is 0.0381. The molecule has 0 aromatic heterocycles. The highest BCUT2D eigenvalue weighted by Crippen LogP contribution is 2.33. The lowest BCUT2D eigenvalue weighted by atomic mass is 9.94. The topological polar surface area (TPSA) is 55.6 Å². The number of non-ortho nitro benzene ring substituents is 1. The van der Waals surface area contributed by atoms with Gasteiger partial charge in [-0.05, 0) is 49.2 Å². The Kier molecular flexibility index (Phi) is 5.11. The molecule has 5 heteroatoms. The molecule has 126 valence electrons. The van der Waals surface area contributed by atoms with Gasteiger partial charge < -0.3 is 4.74 Å². The van der Waals surface area contributed by atoms with Crippen LogP contribution in [0.2, 0.25) is 0 Å². The van der Waals surface area contributed by atoms with E-state index in [2.05, 4.69) is 17.0 Å². The fraction of sp³-hybridized carbons (Fsp3) is 0.368. The summed E-state index contributed by atoms with van der Waals surface area (Å²) in [6, 6.07) is 15.0. The third-order valence-electron chi connectivity index (χ3n) is 4.58. The molecule has 0 spiro atoms. The summed E-state index contributed by atoms with van der Waals surface area (Å²) in [4.78, 5) is 13.2. The van der Waals surface area contributed by atoms with Gasteiger partial charge in [0.2, 0.25) is 0 Å². The number of likely N-dealkylation sites (tertiary alicyclic amines) is 1. The number of methoxy groups -OCH3 is 1. The van der Waals surface area contributed by atoms with E-state index >= 15 is 0 Å². The Bertz CT molecular complexity index is 694. The number of nitro groups is 1. The zero-order valence-corrected chi connectivity index (χ0v) is 13.9. The molecular formula is C19H22N2O3. The van der Waals surface area contributed by atoms with E-state index in [-0.39, 0.29) is 16.7 Å². The van der Waals surface area contributed by atoms with Gasteiger partial charge in [-0.15, -0.1) is 0 Å². The van der Waals surface area contributed by atoms with Gasteiger partial charge in [0.15, 0.2) is 0 Å². The Labute approximate surface area is 142 Å². The van der Waals surface area contributed by atoms with Gasteiger partial charge in [-0.3, -0.25) is 15.0 Å². The van der Waals surface area contributed by atoms with Crippen LogP contribution in [0.5, 0.6) is 5.75 Å². The van der Waals surface area contributed by atoms with Crippen LogP contribution in [-0.4, -0.2) is 30.0 Å². The number of piperidine rings is 1. The SMILES string of the molecule is COc1ccc(C(c2cccc([N+](=O)[O-])c2)N2CCCCC2)cc1. The van der Waals surface area contributed by atoms with Crippen LogP contribution in [0, 0.1) is 10.1 Å². The minimum Gasteiger partial charge on any atom is -0.497 e. The molecule has 3 rings (SSSR count). The van der Waals surface area contributed by atoms with Crippen molar-refractivity contribution in [3.8, 4) is 5.75 Å². The van der Waals surface area contributed by atoms with Crippen molar-refractivity contribution in [3.05, 3.63) is 69.8 Å². The van der Waals surface area contributed by atoms with Gasteiger partial charge in [-0.2, -0.15) is 0 Å². The number of rotatable bonds is 5. The summed E-state index contributed by atoms with van der Waals surface area (Å²) < 4.78 is 5.25. The standard InChI is InChI=1S/C19H22N2O3/c1-24-18-10-8-15(9-11-18)19(20-12-3-2-4-13-20)16-6-5-7-17(14-16)21(22)23/h5-11,14,19H,2-4,12-13H2,1H3. The van der Waals surface area contributed by atoms with E-state index in [1.807, 2.05) is 18.2 Å². The molecule has 0 amide bonds. The summed E-state index contributed by atoms with van der Waals surface area (Å²) in [6.07, 6.45) is 3.59. The molecule has 0 radical (unpaired) electrons. The molecular weight excluding hydrogens is 304 g/mol. The molecule has 24 heavy (non-hydrogen) atoms. The monoisotopic (exact) mass is 326 g/mol. The predicted molar refractivity (Wildman–Crippen MR) is 93.4 cm³/mol. The first-order chi connectivity index (χ1) is 11.7. The summed E-state index contributed by atoms with van der Waals surface area (Å²) >= 11 is 0. The maximum atomic E-state index is 11.1. The van der Waals surface area contributed by atoms with Gasteiger partial charge in [-0.1, -0.05) is 30.7 Å². The first-order valence-electron chi connectivity index (χ1n) is 8.31. The summed E-state index contributed by atoms with van der Waals surface area (Å²) in [6.45, 7) is 2.03. The first kappa shape index (κ1) is 16.5. The van der Waals surface area contributed by atoms with Crippen molar-refractivity contribution in [2.45, 2.75) is 25.3 Å². The van der Waals surface area contributed by atoms with Gasteiger partial charge in [-0.25, -0.2) is 0 Å². The Morgan fingerprint density at radius 3 is 2.38 bits per heavy atom. The number of ether oxygens (including phenoxy) is 1.